The van der Waals surface area contributed by atoms with Crippen molar-refractivity contribution in [2.75, 3.05) is 17.6 Å². The zero-order valence-electron chi connectivity index (χ0n) is 11.7. The summed E-state index contributed by atoms with van der Waals surface area (Å²) in [6.07, 6.45) is 0. The van der Waals surface area contributed by atoms with Crippen LogP contribution >= 0.6 is 11.8 Å². The van der Waals surface area contributed by atoms with Crippen LogP contribution in [-0.2, 0) is 0 Å². The summed E-state index contributed by atoms with van der Waals surface area (Å²) < 4.78 is 0. The standard InChI is InChI=1S/C16H20N2S/c1-12-4-6-15(7-5-12)17-8-9-19-16-11-13(2)10-14(3)18-16/h4-7,10-11,17H,8-9H2,1-3H3. The molecule has 0 saturated heterocycles. The summed E-state index contributed by atoms with van der Waals surface area (Å²) in [7, 11) is 0. The average molecular weight is 272 g/mol. The Morgan fingerprint density at radius 1 is 1.00 bits per heavy atom. The second kappa shape index (κ2) is 6.62. The Morgan fingerprint density at radius 2 is 1.74 bits per heavy atom. The van der Waals surface area contributed by atoms with Crippen molar-refractivity contribution in [1.82, 2.24) is 4.98 Å². The predicted octanol–water partition coefficient (Wildman–Crippen LogP) is 4.21. The summed E-state index contributed by atoms with van der Waals surface area (Å²) in [6.45, 7) is 7.21. The lowest BCUT2D eigenvalue weighted by Gasteiger charge is -2.07. The van der Waals surface area contributed by atoms with Gasteiger partial charge in [0.2, 0.25) is 0 Å². The van der Waals surface area contributed by atoms with Gasteiger partial charge in [-0.2, -0.15) is 0 Å². The fourth-order valence-corrected chi connectivity index (χ4v) is 2.79. The maximum Gasteiger partial charge on any atom is 0.0966 e. The van der Waals surface area contributed by atoms with Crippen molar-refractivity contribution in [2.24, 2.45) is 0 Å². The summed E-state index contributed by atoms with van der Waals surface area (Å²) in [6, 6.07) is 12.7. The van der Waals surface area contributed by atoms with E-state index in [0.717, 1.165) is 23.0 Å². The van der Waals surface area contributed by atoms with Crippen LogP contribution in [0.25, 0.3) is 0 Å². The van der Waals surface area contributed by atoms with Crippen molar-refractivity contribution in [1.29, 1.82) is 0 Å². The molecule has 0 aliphatic heterocycles. The van der Waals surface area contributed by atoms with Crippen LogP contribution in [0.3, 0.4) is 0 Å². The summed E-state index contributed by atoms with van der Waals surface area (Å²) in [5.41, 5.74) is 4.84. The molecular formula is C16H20N2S. The molecule has 0 fully saturated rings. The number of hydrogen-bond acceptors (Lipinski definition) is 3. The molecule has 2 rings (SSSR count). The molecule has 0 saturated carbocycles. The minimum atomic E-state index is 0.947. The Labute approximate surface area is 119 Å². The zero-order chi connectivity index (χ0) is 13.7. The van der Waals surface area contributed by atoms with Crippen molar-refractivity contribution in [3.63, 3.8) is 0 Å². The highest BCUT2D eigenvalue weighted by atomic mass is 32.2. The first kappa shape index (κ1) is 13.9. The van der Waals surface area contributed by atoms with E-state index in [4.69, 9.17) is 0 Å². The second-order valence-electron chi connectivity index (χ2n) is 4.77. The molecule has 1 heterocycles. The average Bonchev–Trinajstić information content (AvgIpc) is 2.36. The van der Waals surface area contributed by atoms with E-state index >= 15 is 0 Å². The van der Waals surface area contributed by atoms with Crippen LogP contribution in [0, 0.1) is 20.8 Å². The van der Waals surface area contributed by atoms with Crippen molar-refractivity contribution in [2.45, 2.75) is 25.8 Å². The van der Waals surface area contributed by atoms with Crippen molar-refractivity contribution < 1.29 is 0 Å². The highest BCUT2D eigenvalue weighted by Crippen LogP contribution is 2.17. The second-order valence-corrected chi connectivity index (χ2v) is 5.88. The van der Waals surface area contributed by atoms with Gasteiger partial charge in [0.05, 0.1) is 5.03 Å². The van der Waals surface area contributed by atoms with Gasteiger partial charge in [-0.15, -0.1) is 11.8 Å². The van der Waals surface area contributed by atoms with E-state index in [2.05, 4.69) is 60.5 Å². The minimum Gasteiger partial charge on any atom is -0.384 e. The number of aromatic nitrogens is 1. The highest BCUT2D eigenvalue weighted by Gasteiger charge is 1.98. The smallest absolute Gasteiger partial charge is 0.0966 e. The Bertz CT molecular complexity index is 515. The Morgan fingerprint density at radius 3 is 2.42 bits per heavy atom. The number of thioether (sulfide) groups is 1. The number of nitrogens with one attached hydrogen (secondary N) is 1. The van der Waals surface area contributed by atoms with Crippen LogP contribution < -0.4 is 5.32 Å². The third-order valence-electron chi connectivity index (χ3n) is 2.81. The third kappa shape index (κ3) is 4.60. The molecule has 0 atom stereocenters. The summed E-state index contributed by atoms with van der Waals surface area (Å²) >= 11 is 1.80. The molecule has 2 aromatic rings. The lowest BCUT2D eigenvalue weighted by Crippen LogP contribution is -2.04. The molecule has 0 aliphatic rings. The topological polar surface area (TPSA) is 24.9 Å². The maximum atomic E-state index is 4.53. The van der Waals surface area contributed by atoms with E-state index in [1.54, 1.807) is 11.8 Å². The van der Waals surface area contributed by atoms with Gasteiger partial charge in [-0.3, -0.25) is 0 Å². The molecule has 1 aromatic carbocycles. The number of hydrogen-bond donors (Lipinski definition) is 1. The Balaban J connectivity index is 1.79. The normalized spacial score (nSPS) is 10.5. The SMILES string of the molecule is Cc1ccc(NCCSc2cc(C)cc(C)n2)cc1. The van der Waals surface area contributed by atoms with Gasteiger partial charge < -0.3 is 5.32 Å². The van der Waals surface area contributed by atoms with Gasteiger partial charge in [-0.05, 0) is 50.6 Å². The Kier molecular flexibility index (Phi) is 4.86. The molecule has 0 spiro atoms. The summed E-state index contributed by atoms with van der Waals surface area (Å²) in [5.74, 6) is 1.02. The van der Waals surface area contributed by atoms with Crippen molar-refractivity contribution in [3.8, 4) is 0 Å². The fourth-order valence-electron chi connectivity index (χ4n) is 1.90. The molecule has 0 unspecified atom stereocenters. The molecule has 100 valence electrons. The van der Waals surface area contributed by atoms with E-state index < -0.39 is 0 Å². The predicted molar refractivity (Wildman–Crippen MR) is 84.1 cm³/mol. The molecule has 19 heavy (non-hydrogen) atoms. The largest absolute Gasteiger partial charge is 0.384 e. The molecule has 1 N–H and O–H groups in total. The van der Waals surface area contributed by atoms with Gasteiger partial charge in [-0.1, -0.05) is 17.7 Å². The number of benzene rings is 1. The first-order valence-corrected chi connectivity index (χ1v) is 7.51. The summed E-state index contributed by atoms with van der Waals surface area (Å²) in [5, 5.41) is 4.54. The number of aryl methyl sites for hydroxylation is 3. The monoisotopic (exact) mass is 272 g/mol. The van der Waals surface area contributed by atoms with Gasteiger partial charge in [0.25, 0.3) is 0 Å². The molecule has 3 heteroatoms. The zero-order valence-corrected chi connectivity index (χ0v) is 12.6. The number of nitrogens with zero attached hydrogens (tertiary/aromatic N) is 1. The maximum absolute atomic E-state index is 4.53. The van der Waals surface area contributed by atoms with E-state index in [0.29, 0.717) is 0 Å². The van der Waals surface area contributed by atoms with Gasteiger partial charge in [-0.25, -0.2) is 4.98 Å². The quantitative estimate of drug-likeness (QED) is 0.652. The minimum absolute atomic E-state index is 0.947. The molecule has 0 amide bonds. The number of anilines is 1. The fraction of sp³-hybridized carbons (Fsp3) is 0.312. The lowest BCUT2D eigenvalue weighted by molar-refractivity contribution is 1.04. The summed E-state index contributed by atoms with van der Waals surface area (Å²) in [4.78, 5) is 4.53. The van der Waals surface area contributed by atoms with Crippen LogP contribution in [0.5, 0.6) is 0 Å². The lowest BCUT2D eigenvalue weighted by atomic mass is 10.2. The molecule has 2 nitrogen and oxygen atoms in total. The molecular weight excluding hydrogens is 252 g/mol. The van der Waals surface area contributed by atoms with Gasteiger partial charge in [0.15, 0.2) is 0 Å². The molecule has 0 radical (unpaired) electrons. The molecule has 1 aromatic heterocycles. The van der Waals surface area contributed by atoms with Crippen LogP contribution in [0.2, 0.25) is 0 Å². The van der Waals surface area contributed by atoms with E-state index in [1.165, 1.54) is 16.8 Å². The van der Waals surface area contributed by atoms with Crippen molar-refractivity contribution >= 4 is 17.4 Å². The van der Waals surface area contributed by atoms with E-state index in [-0.39, 0.29) is 0 Å². The first-order chi connectivity index (χ1) is 9.13. The van der Waals surface area contributed by atoms with Crippen LogP contribution in [0.4, 0.5) is 5.69 Å². The van der Waals surface area contributed by atoms with Gasteiger partial charge >= 0.3 is 0 Å². The molecule has 0 aliphatic carbocycles. The van der Waals surface area contributed by atoms with Gasteiger partial charge in [0, 0.05) is 23.7 Å². The highest BCUT2D eigenvalue weighted by molar-refractivity contribution is 7.99. The van der Waals surface area contributed by atoms with Crippen LogP contribution in [-0.4, -0.2) is 17.3 Å². The van der Waals surface area contributed by atoms with E-state index in [9.17, 15) is 0 Å². The van der Waals surface area contributed by atoms with E-state index in [1.807, 2.05) is 6.92 Å². The van der Waals surface area contributed by atoms with Crippen LogP contribution in [0.1, 0.15) is 16.8 Å². The van der Waals surface area contributed by atoms with Gasteiger partial charge in [0.1, 0.15) is 0 Å². The van der Waals surface area contributed by atoms with Crippen LogP contribution in [0.15, 0.2) is 41.4 Å². The molecule has 0 bridgehead atoms. The third-order valence-corrected chi connectivity index (χ3v) is 3.72. The number of rotatable bonds is 5. The van der Waals surface area contributed by atoms with Crippen molar-refractivity contribution in [3.05, 3.63) is 53.2 Å². The first-order valence-electron chi connectivity index (χ1n) is 6.52. The number of pyridine rings is 1. The Hall–Kier alpha value is -1.48.